The van der Waals surface area contributed by atoms with E-state index >= 15 is 0 Å². The average Bonchev–Trinajstić information content (AvgIpc) is 3.31. The highest BCUT2D eigenvalue weighted by molar-refractivity contribution is 5.98. The van der Waals surface area contributed by atoms with Crippen LogP contribution >= 0.6 is 0 Å². The number of nitriles is 2. The Labute approximate surface area is 189 Å². The van der Waals surface area contributed by atoms with E-state index in [0.717, 1.165) is 22.0 Å². The van der Waals surface area contributed by atoms with E-state index in [9.17, 15) is 15.3 Å². The van der Waals surface area contributed by atoms with Gasteiger partial charge in [0.25, 0.3) is 0 Å². The van der Waals surface area contributed by atoms with Gasteiger partial charge in [-0.05, 0) is 43.2 Å². The van der Waals surface area contributed by atoms with Crippen molar-refractivity contribution in [2.75, 3.05) is 0 Å². The summed E-state index contributed by atoms with van der Waals surface area (Å²) in [6.45, 7) is 0. The van der Waals surface area contributed by atoms with Gasteiger partial charge in [0.2, 0.25) is 5.91 Å². The lowest BCUT2D eigenvalue weighted by molar-refractivity contribution is 0.0713. The third-order valence-electron chi connectivity index (χ3n) is 6.10. The molecule has 2 N–H and O–H groups in total. The average molecular weight is 434 g/mol. The summed E-state index contributed by atoms with van der Waals surface area (Å²) in [5, 5.41) is 28.6. The summed E-state index contributed by atoms with van der Waals surface area (Å²) in [5.41, 5.74) is 8.75. The fourth-order valence-electron chi connectivity index (χ4n) is 4.37. The number of pyridine rings is 2. The van der Waals surface area contributed by atoms with Gasteiger partial charge in [0.1, 0.15) is 5.69 Å². The third-order valence-corrected chi connectivity index (χ3v) is 6.10. The summed E-state index contributed by atoms with van der Waals surface area (Å²) >= 11 is 0. The lowest BCUT2D eigenvalue weighted by atomic mass is 9.68. The fourth-order valence-corrected chi connectivity index (χ4v) is 4.37. The zero-order chi connectivity index (χ0) is 23.0. The molecule has 33 heavy (non-hydrogen) atoms. The normalized spacial score (nSPS) is 19.4. The summed E-state index contributed by atoms with van der Waals surface area (Å²) in [6.07, 6.45) is 6.26. The third kappa shape index (κ3) is 3.46. The minimum absolute atomic E-state index is 0.0928. The molecule has 0 radical (unpaired) electrons. The van der Waals surface area contributed by atoms with Crippen molar-refractivity contribution in [1.82, 2.24) is 25.0 Å². The van der Waals surface area contributed by atoms with Crippen molar-refractivity contribution in [1.29, 1.82) is 10.5 Å². The van der Waals surface area contributed by atoms with Crippen LogP contribution in [0, 0.1) is 28.6 Å². The quantitative estimate of drug-likeness (QED) is 0.507. The molecule has 1 aliphatic carbocycles. The van der Waals surface area contributed by atoms with E-state index in [2.05, 4.69) is 27.2 Å². The van der Waals surface area contributed by atoms with Gasteiger partial charge in [-0.15, -0.1) is 0 Å². The molecular weight excluding hydrogens is 416 g/mol. The Kier molecular flexibility index (Phi) is 4.80. The molecule has 1 aromatic carbocycles. The van der Waals surface area contributed by atoms with Crippen LogP contribution in [0.5, 0.6) is 0 Å². The Bertz CT molecular complexity index is 1470. The van der Waals surface area contributed by atoms with Gasteiger partial charge in [0, 0.05) is 34.5 Å². The summed E-state index contributed by atoms with van der Waals surface area (Å²) in [6, 6.07) is 15.3. The van der Waals surface area contributed by atoms with Crippen molar-refractivity contribution in [2.45, 2.75) is 24.8 Å². The van der Waals surface area contributed by atoms with E-state index in [-0.39, 0.29) is 12.3 Å². The first-order valence-electron chi connectivity index (χ1n) is 10.4. The predicted octanol–water partition coefficient (Wildman–Crippen LogP) is 3.20. The monoisotopic (exact) mass is 434 g/mol. The summed E-state index contributed by atoms with van der Waals surface area (Å²) in [7, 11) is 0. The van der Waals surface area contributed by atoms with Crippen molar-refractivity contribution in [2.24, 2.45) is 11.7 Å². The Morgan fingerprint density at radius 2 is 2.00 bits per heavy atom. The largest absolute Gasteiger partial charge is 0.366 e. The zero-order valence-electron chi connectivity index (χ0n) is 17.5. The number of hydrogen-bond acceptors (Lipinski definition) is 7. The molecule has 1 amide bonds. The first-order chi connectivity index (χ1) is 16.0. The number of primary amides is 1. The summed E-state index contributed by atoms with van der Waals surface area (Å²) in [4.78, 5) is 22.1. The number of aromatic nitrogens is 5. The molecule has 1 fully saturated rings. The molecule has 0 aliphatic heterocycles. The van der Waals surface area contributed by atoms with E-state index in [4.69, 9.17) is 10.8 Å². The number of nitrogens with two attached hydrogens (primary N) is 1. The maximum absolute atomic E-state index is 11.6. The molecule has 1 aliphatic rings. The second-order valence-electron chi connectivity index (χ2n) is 8.20. The highest BCUT2D eigenvalue weighted by atomic mass is 16.1. The molecule has 0 atom stereocenters. The van der Waals surface area contributed by atoms with E-state index in [0.29, 0.717) is 29.8 Å². The van der Waals surface area contributed by atoms with Crippen molar-refractivity contribution in [3.05, 3.63) is 60.6 Å². The van der Waals surface area contributed by atoms with Crippen molar-refractivity contribution < 1.29 is 4.79 Å². The molecule has 0 unspecified atom stereocenters. The zero-order valence-corrected chi connectivity index (χ0v) is 17.5. The summed E-state index contributed by atoms with van der Waals surface area (Å²) < 4.78 is 0. The van der Waals surface area contributed by atoms with Crippen molar-refractivity contribution in [3.8, 4) is 34.7 Å². The van der Waals surface area contributed by atoms with Crippen LogP contribution in [0.2, 0.25) is 0 Å². The highest BCUT2D eigenvalue weighted by Crippen LogP contribution is 2.45. The van der Waals surface area contributed by atoms with Crippen LogP contribution in [0.3, 0.4) is 0 Å². The number of carbonyl (C=O) groups is 1. The predicted molar refractivity (Wildman–Crippen MR) is 119 cm³/mol. The first kappa shape index (κ1) is 20.3. The number of hydrogen-bond donors (Lipinski definition) is 1. The maximum atomic E-state index is 11.6. The topological polar surface area (TPSA) is 147 Å². The van der Waals surface area contributed by atoms with E-state index in [1.165, 1.54) is 0 Å². The van der Waals surface area contributed by atoms with Gasteiger partial charge in [-0.1, -0.05) is 6.07 Å². The van der Waals surface area contributed by atoms with Crippen LogP contribution in [0.4, 0.5) is 0 Å². The second kappa shape index (κ2) is 7.81. The molecule has 3 heterocycles. The van der Waals surface area contributed by atoms with Gasteiger partial charge in [-0.2, -0.15) is 25.5 Å². The van der Waals surface area contributed by atoms with Gasteiger partial charge in [-0.25, -0.2) is 0 Å². The van der Waals surface area contributed by atoms with E-state index in [1.54, 1.807) is 35.5 Å². The van der Waals surface area contributed by atoms with Crippen LogP contribution < -0.4 is 5.73 Å². The van der Waals surface area contributed by atoms with Crippen LogP contribution in [-0.2, 0) is 5.54 Å². The number of benzene rings is 1. The molecule has 0 spiro atoms. The molecule has 5 rings (SSSR count). The van der Waals surface area contributed by atoms with E-state index in [1.807, 2.05) is 24.3 Å². The smallest absolute Gasteiger partial charge is 0.248 e. The lowest BCUT2D eigenvalue weighted by Gasteiger charge is -2.42. The van der Waals surface area contributed by atoms with E-state index < -0.39 is 11.4 Å². The van der Waals surface area contributed by atoms with Gasteiger partial charge in [-0.3, -0.25) is 14.8 Å². The maximum Gasteiger partial charge on any atom is 0.248 e. The Morgan fingerprint density at radius 3 is 2.76 bits per heavy atom. The molecule has 1 saturated carbocycles. The van der Waals surface area contributed by atoms with Crippen LogP contribution in [0.25, 0.3) is 33.4 Å². The fraction of sp³-hybridized carbons (Fsp3) is 0.208. The SMILES string of the molecule is N#CC[C@]1(n2ncc(-c3cc(-c4cc(C(N)=O)ccn4)cc4ncccc34)n2)C[C@H](C#N)C1. The Morgan fingerprint density at radius 1 is 1.15 bits per heavy atom. The van der Waals surface area contributed by atoms with Crippen LogP contribution in [0.1, 0.15) is 29.6 Å². The van der Waals surface area contributed by atoms with Gasteiger partial charge in [0.15, 0.2) is 0 Å². The Hall–Kier alpha value is -4.63. The summed E-state index contributed by atoms with van der Waals surface area (Å²) in [5.74, 6) is -0.621. The molecule has 0 saturated heterocycles. The number of carbonyl (C=O) groups excluding carboxylic acids is 1. The standard InChI is InChI=1S/C24H18N8O/c25-5-4-24(11-15(12-24)13-26)32-30-14-22(31-32)19-8-17(10-21-18(19)2-1-6-28-21)20-9-16(23(27)33)3-7-29-20/h1-3,6-10,14-15H,4,11-12H2,(H2,27,33)/t15-,24-. The minimum Gasteiger partial charge on any atom is -0.366 e. The number of fused-ring (bicyclic) bond motifs is 1. The first-order valence-corrected chi connectivity index (χ1v) is 10.4. The molecule has 4 aromatic rings. The number of amides is 1. The van der Waals surface area contributed by atoms with Crippen molar-refractivity contribution >= 4 is 16.8 Å². The molecule has 3 aromatic heterocycles. The van der Waals surface area contributed by atoms with Crippen molar-refractivity contribution in [3.63, 3.8) is 0 Å². The second-order valence-corrected chi connectivity index (χ2v) is 8.20. The van der Waals surface area contributed by atoms with Crippen LogP contribution in [-0.4, -0.2) is 30.9 Å². The van der Waals surface area contributed by atoms with Crippen LogP contribution in [0.15, 0.2) is 55.0 Å². The highest BCUT2D eigenvalue weighted by Gasteiger charge is 2.48. The Balaban J connectivity index is 1.62. The minimum atomic E-state index is -0.559. The molecule has 0 bridgehead atoms. The van der Waals surface area contributed by atoms with Gasteiger partial charge >= 0.3 is 0 Å². The molecule has 9 heteroatoms. The van der Waals surface area contributed by atoms with Gasteiger partial charge in [0.05, 0.1) is 47.4 Å². The molecule has 160 valence electrons. The molecule has 9 nitrogen and oxygen atoms in total. The van der Waals surface area contributed by atoms with Gasteiger partial charge < -0.3 is 5.73 Å². The lowest BCUT2D eigenvalue weighted by Crippen LogP contribution is -2.47. The number of nitrogens with zero attached hydrogens (tertiary/aromatic N) is 7. The number of rotatable bonds is 5. The molecular formula is C24H18N8O.